The van der Waals surface area contributed by atoms with E-state index in [0.29, 0.717) is 20.6 Å². The fraction of sp³-hybridized carbons (Fsp3) is 0.167. The van der Waals surface area contributed by atoms with Gasteiger partial charge in [0.2, 0.25) is 0 Å². The van der Waals surface area contributed by atoms with Crippen LogP contribution < -0.4 is 5.73 Å². The normalized spacial score (nSPS) is 10.5. The highest BCUT2D eigenvalue weighted by atomic mass is 35.5. The first-order chi connectivity index (χ1) is 8.97. The molecule has 1 heterocycles. The van der Waals surface area contributed by atoms with Crippen LogP contribution in [-0.2, 0) is 6.54 Å². The number of anilines is 1. The Bertz CT molecular complexity index is 617. The molecule has 0 fully saturated rings. The third kappa shape index (κ3) is 3.21. The van der Waals surface area contributed by atoms with Crippen molar-refractivity contribution in [3.05, 3.63) is 45.7 Å². The van der Waals surface area contributed by atoms with Gasteiger partial charge in [-0.2, -0.15) is 0 Å². The summed E-state index contributed by atoms with van der Waals surface area (Å²) in [5, 5.41) is 0.639. The number of benzene rings is 1. The Balaban J connectivity index is 2.12. The van der Waals surface area contributed by atoms with Gasteiger partial charge in [0.1, 0.15) is 10.7 Å². The first-order valence-corrected chi connectivity index (χ1v) is 6.57. The lowest BCUT2D eigenvalue weighted by molar-refractivity contribution is 0.0789. The smallest absolute Gasteiger partial charge is 0.265 e. The molecule has 1 aromatic heterocycles. The van der Waals surface area contributed by atoms with Crippen LogP contribution in [0.3, 0.4) is 0 Å². The summed E-state index contributed by atoms with van der Waals surface area (Å²) in [6.45, 7) is 0.287. The second-order valence-electron chi connectivity index (χ2n) is 3.96. The van der Waals surface area contributed by atoms with Crippen molar-refractivity contribution in [3.63, 3.8) is 0 Å². The number of carbonyl (C=O) groups excluding carboxylic acids is 1. The highest BCUT2D eigenvalue weighted by Crippen LogP contribution is 2.21. The summed E-state index contributed by atoms with van der Waals surface area (Å²) in [4.78, 5) is 17.8. The number of nitrogens with two attached hydrogens (primary N) is 1. The predicted molar refractivity (Wildman–Crippen MR) is 73.7 cm³/mol. The summed E-state index contributed by atoms with van der Waals surface area (Å²) < 4.78 is 12.9. The van der Waals surface area contributed by atoms with Gasteiger partial charge in [-0.05, 0) is 17.7 Å². The molecule has 0 aliphatic heterocycles. The number of rotatable bonds is 3. The van der Waals surface area contributed by atoms with Crippen molar-refractivity contribution in [1.29, 1.82) is 0 Å². The van der Waals surface area contributed by atoms with E-state index < -0.39 is 5.82 Å². The Hall–Kier alpha value is -1.66. The summed E-state index contributed by atoms with van der Waals surface area (Å²) in [7, 11) is 1.64. The summed E-state index contributed by atoms with van der Waals surface area (Å²) in [5.41, 5.74) is 6.16. The third-order valence-corrected chi connectivity index (χ3v) is 3.67. The molecule has 4 nitrogen and oxygen atoms in total. The van der Waals surface area contributed by atoms with Crippen LogP contribution >= 0.6 is 22.9 Å². The molecule has 100 valence electrons. The SMILES string of the molecule is CN(Cc1ccc(F)cc1Cl)C(=O)c1cnc(N)s1. The molecule has 0 aliphatic rings. The highest BCUT2D eigenvalue weighted by molar-refractivity contribution is 7.17. The maximum atomic E-state index is 12.9. The summed E-state index contributed by atoms with van der Waals surface area (Å²) >= 11 is 7.04. The van der Waals surface area contributed by atoms with E-state index in [0.717, 1.165) is 11.3 Å². The number of carbonyl (C=O) groups is 1. The molecule has 0 spiro atoms. The van der Waals surface area contributed by atoms with Crippen LogP contribution in [0, 0.1) is 5.82 Å². The maximum absolute atomic E-state index is 12.9. The van der Waals surface area contributed by atoms with Gasteiger partial charge in [-0.3, -0.25) is 4.79 Å². The quantitative estimate of drug-likeness (QED) is 0.948. The summed E-state index contributed by atoms with van der Waals surface area (Å²) in [6.07, 6.45) is 1.44. The molecule has 7 heteroatoms. The lowest BCUT2D eigenvalue weighted by Gasteiger charge is -2.16. The molecule has 19 heavy (non-hydrogen) atoms. The zero-order valence-electron chi connectivity index (χ0n) is 10.1. The molecule has 2 N–H and O–H groups in total. The highest BCUT2D eigenvalue weighted by Gasteiger charge is 2.16. The van der Waals surface area contributed by atoms with Gasteiger partial charge >= 0.3 is 0 Å². The summed E-state index contributed by atoms with van der Waals surface area (Å²) in [6, 6.07) is 4.09. The van der Waals surface area contributed by atoms with Crippen molar-refractivity contribution < 1.29 is 9.18 Å². The molecule has 0 radical (unpaired) electrons. The molecule has 0 bridgehead atoms. The fourth-order valence-corrected chi connectivity index (χ4v) is 2.46. The van der Waals surface area contributed by atoms with Gasteiger partial charge in [-0.1, -0.05) is 29.0 Å². The van der Waals surface area contributed by atoms with Gasteiger partial charge in [-0.15, -0.1) is 0 Å². The zero-order valence-corrected chi connectivity index (χ0v) is 11.6. The van der Waals surface area contributed by atoms with E-state index in [4.69, 9.17) is 17.3 Å². The summed E-state index contributed by atoms with van der Waals surface area (Å²) in [5.74, 6) is -0.604. The molecule has 0 saturated carbocycles. The van der Waals surface area contributed by atoms with E-state index in [1.807, 2.05) is 0 Å². The molecule has 0 unspecified atom stereocenters. The number of halogens is 2. The van der Waals surface area contributed by atoms with Crippen LogP contribution in [0.2, 0.25) is 5.02 Å². The van der Waals surface area contributed by atoms with E-state index in [1.54, 1.807) is 13.1 Å². The van der Waals surface area contributed by atoms with Crippen LogP contribution in [0.15, 0.2) is 24.4 Å². The fourth-order valence-electron chi connectivity index (χ4n) is 1.55. The minimum absolute atomic E-state index is 0.199. The van der Waals surface area contributed by atoms with Crippen LogP contribution in [-0.4, -0.2) is 22.8 Å². The van der Waals surface area contributed by atoms with Gasteiger partial charge in [0.25, 0.3) is 5.91 Å². The van der Waals surface area contributed by atoms with Gasteiger partial charge in [0.15, 0.2) is 5.13 Å². The van der Waals surface area contributed by atoms with Gasteiger partial charge in [0, 0.05) is 18.6 Å². The number of nitrogen functional groups attached to an aromatic ring is 1. The predicted octanol–water partition coefficient (Wildman–Crippen LogP) is 2.79. The molecule has 2 rings (SSSR count). The van der Waals surface area contributed by atoms with Gasteiger partial charge in [0.05, 0.1) is 6.20 Å². The largest absolute Gasteiger partial charge is 0.375 e. The van der Waals surface area contributed by atoms with Crippen molar-refractivity contribution >= 4 is 34.0 Å². The lowest BCUT2D eigenvalue weighted by atomic mass is 10.2. The first-order valence-electron chi connectivity index (χ1n) is 5.38. The molecule has 1 aromatic carbocycles. The average molecular weight is 300 g/mol. The second-order valence-corrected chi connectivity index (χ2v) is 5.43. The lowest BCUT2D eigenvalue weighted by Crippen LogP contribution is -2.25. The molecular formula is C12H11ClFN3OS. The average Bonchev–Trinajstić information content (AvgIpc) is 2.78. The number of hydrogen-bond donors (Lipinski definition) is 1. The van der Waals surface area contributed by atoms with Crippen LogP contribution in [0.5, 0.6) is 0 Å². The number of nitrogens with zero attached hydrogens (tertiary/aromatic N) is 2. The molecule has 1 amide bonds. The van der Waals surface area contributed by atoms with E-state index in [-0.39, 0.29) is 12.5 Å². The Morgan fingerprint density at radius 3 is 2.89 bits per heavy atom. The Kier molecular flexibility index (Phi) is 4.01. The van der Waals surface area contributed by atoms with Crippen LogP contribution in [0.25, 0.3) is 0 Å². The molecule has 2 aromatic rings. The van der Waals surface area contributed by atoms with E-state index in [1.165, 1.54) is 23.2 Å². The van der Waals surface area contributed by atoms with Gasteiger partial charge < -0.3 is 10.6 Å². The molecule has 0 saturated heterocycles. The van der Waals surface area contributed by atoms with Crippen molar-refractivity contribution in [1.82, 2.24) is 9.88 Å². The number of aromatic nitrogens is 1. The van der Waals surface area contributed by atoms with Crippen LogP contribution in [0.4, 0.5) is 9.52 Å². The Morgan fingerprint density at radius 1 is 1.58 bits per heavy atom. The molecule has 0 aliphatic carbocycles. The van der Waals surface area contributed by atoms with E-state index in [9.17, 15) is 9.18 Å². The first kappa shape index (κ1) is 13.8. The Labute approximate surface area is 118 Å². The van der Waals surface area contributed by atoms with Crippen LogP contribution in [0.1, 0.15) is 15.2 Å². The minimum atomic E-state index is -0.405. The maximum Gasteiger partial charge on any atom is 0.265 e. The van der Waals surface area contributed by atoms with E-state index in [2.05, 4.69) is 4.98 Å². The zero-order chi connectivity index (χ0) is 14.0. The topological polar surface area (TPSA) is 59.2 Å². The minimum Gasteiger partial charge on any atom is -0.375 e. The van der Waals surface area contributed by atoms with Crippen molar-refractivity contribution in [2.75, 3.05) is 12.8 Å². The number of thiazole rings is 1. The molecular weight excluding hydrogens is 289 g/mol. The van der Waals surface area contributed by atoms with Crippen molar-refractivity contribution in [2.45, 2.75) is 6.54 Å². The second kappa shape index (κ2) is 5.54. The van der Waals surface area contributed by atoms with E-state index >= 15 is 0 Å². The number of hydrogen-bond acceptors (Lipinski definition) is 4. The van der Waals surface area contributed by atoms with Crippen molar-refractivity contribution in [2.24, 2.45) is 0 Å². The standard InChI is InChI=1S/C12H11ClFN3OS/c1-17(11(18)10-5-16-12(15)19-10)6-7-2-3-8(14)4-9(7)13/h2-5H,6H2,1H3,(H2,15,16). The molecule has 0 atom stereocenters. The number of amides is 1. The van der Waals surface area contributed by atoms with Crippen molar-refractivity contribution in [3.8, 4) is 0 Å². The Morgan fingerprint density at radius 2 is 2.32 bits per heavy atom. The van der Waals surface area contributed by atoms with Gasteiger partial charge in [-0.25, -0.2) is 9.37 Å². The monoisotopic (exact) mass is 299 g/mol. The third-order valence-electron chi connectivity index (χ3n) is 2.50.